The molecular formula is C12H21BO3. The highest BCUT2D eigenvalue weighted by Gasteiger charge is 2.19. The van der Waals surface area contributed by atoms with Crippen LogP contribution in [-0.4, -0.2) is 27.1 Å². The standard InChI is InChI=1S/C12H21BO3/c1-4-7-10-14-13(15-11-8-5-2)16-12-9-6-3/h4-9H,10-12H2,1-3H3/b7-4+,8-5+,9-6+. The van der Waals surface area contributed by atoms with Gasteiger partial charge in [0.25, 0.3) is 0 Å². The number of rotatable bonds is 9. The van der Waals surface area contributed by atoms with Gasteiger partial charge in [0.15, 0.2) is 0 Å². The Bertz CT molecular complexity index is 186. The molecule has 0 N–H and O–H groups in total. The maximum absolute atomic E-state index is 5.38. The van der Waals surface area contributed by atoms with Crippen molar-refractivity contribution in [2.75, 3.05) is 19.8 Å². The van der Waals surface area contributed by atoms with Crippen LogP contribution in [0.5, 0.6) is 0 Å². The third kappa shape index (κ3) is 9.71. The lowest BCUT2D eigenvalue weighted by atomic mass is 10.2. The Hall–Kier alpha value is -0.835. The highest BCUT2D eigenvalue weighted by molar-refractivity contribution is 6.36. The van der Waals surface area contributed by atoms with Crippen molar-refractivity contribution < 1.29 is 14.0 Å². The predicted octanol–water partition coefficient (Wildman–Crippen LogP) is 2.75. The Morgan fingerprint density at radius 1 is 0.688 bits per heavy atom. The van der Waals surface area contributed by atoms with Crippen molar-refractivity contribution in [3.05, 3.63) is 36.5 Å². The Kier molecular flexibility index (Phi) is 11.6. The molecule has 0 atom stereocenters. The topological polar surface area (TPSA) is 27.7 Å². The fraction of sp³-hybridized carbons (Fsp3) is 0.500. The van der Waals surface area contributed by atoms with Crippen molar-refractivity contribution in [3.8, 4) is 0 Å². The Morgan fingerprint density at radius 2 is 1.00 bits per heavy atom. The zero-order valence-corrected chi connectivity index (χ0v) is 10.4. The lowest BCUT2D eigenvalue weighted by Gasteiger charge is -2.11. The number of hydrogen-bond donors (Lipinski definition) is 0. The van der Waals surface area contributed by atoms with Gasteiger partial charge in [-0.25, -0.2) is 0 Å². The van der Waals surface area contributed by atoms with E-state index in [1.165, 1.54) is 0 Å². The summed E-state index contributed by atoms with van der Waals surface area (Å²) >= 11 is 0. The molecular weight excluding hydrogens is 203 g/mol. The maximum atomic E-state index is 5.38. The molecule has 0 aromatic heterocycles. The molecule has 0 rings (SSSR count). The largest absolute Gasteiger partial charge is 0.640 e. The van der Waals surface area contributed by atoms with Gasteiger partial charge in [0.1, 0.15) is 0 Å². The van der Waals surface area contributed by atoms with Crippen molar-refractivity contribution in [1.82, 2.24) is 0 Å². The second-order valence-corrected chi connectivity index (χ2v) is 3.00. The summed E-state index contributed by atoms with van der Waals surface area (Å²) in [7, 11) is -0.608. The van der Waals surface area contributed by atoms with Crippen LogP contribution < -0.4 is 0 Å². The van der Waals surface area contributed by atoms with Crippen molar-refractivity contribution >= 4 is 7.32 Å². The SMILES string of the molecule is C/C=C/COB(OC/C=C/C)OC/C=C/C. The fourth-order valence-electron chi connectivity index (χ4n) is 0.835. The van der Waals surface area contributed by atoms with Crippen LogP contribution in [0, 0.1) is 0 Å². The summed E-state index contributed by atoms with van der Waals surface area (Å²) in [6.07, 6.45) is 11.5. The van der Waals surface area contributed by atoms with Gasteiger partial charge >= 0.3 is 7.32 Å². The normalized spacial score (nSPS) is 12.2. The predicted molar refractivity (Wildman–Crippen MR) is 68.1 cm³/mol. The van der Waals surface area contributed by atoms with Crippen LogP contribution in [0.3, 0.4) is 0 Å². The molecule has 0 aliphatic rings. The second kappa shape index (κ2) is 12.2. The molecule has 0 unspecified atom stereocenters. The van der Waals surface area contributed by atoms with Gasteiger partial charge in [-0.15, -0.1) is 0 Å². The average Bonchev–Trinajstić information content (AvgIpc) is 2.29. The van der Waals surface area contributed by atoms with Crippen molar-refractivity contribution in [1.29, 1.82) is 0 Å². The first-order valence-electron chi connectivity index (χ1n) is 5.53. The lowest BCUT2D eigenvalue weighted by molar-refractivity contribution is 0.123. The molecule has 0 spiro atoms. The van der Waals surface area contributed by atoms with Crippen molar-refractivity contribution in [2.45, 2.75) is 20.8 Å². The summed E-state index contributed by atoms with van der Waals surface area (Å²) in [6.45, 7) is 7.31. The highest BCUT2D eigenvalue weighted by Crippen LogP contribution is 1.94. The minimum atomic E-state index is -0.608. The zero-order valence-electron chi connectivity index (χ0n) is 10.4. The Balaban J connectivity index is 3.84. The van der Waals surface area contributed by atoms with Gasteiger partial charge < -0.3 is 14.0 Å². The molecule has 16 heavy (non-hydrogen) atoms. The number of hydrogen-bond acceptors (Lipinski definition) is 3. The van der Waals surface area contributed by atoms with E-state index in [1.54, 1.807) is 0 Å². The Labute approximate surface area is 99.0 Å². The van der Waals surface area contributed by atoms with Crippen LogP contribution in [0.4, 0.5) is 0 Å². The van der Waals surface area contributed by atoms with Gasteiger partial charge in [0, 0.05) is 0 Å². The molecule has 0 aliphatic carbocycles. The molecule has 0 bridgehead atoms. The van der Waals surface area contributed by atoms with Gasteiger partial charge in [-0.05, 0) is 20.8 Å². The van der Waals surface area contributed by atoms with E-state index in [4.69, 9.17) is 14.0 Å². The molecule has 0 aromatic rings. The maximum Gasteiger partial charge on any atom is 0.640 e. The molecule has 0 fully saturated rings. The van der Waals surface area contributed by atoms with Gasteiger partial charge in [0.2, 0.25) is 0 Å². The van der Waals surface area contributed by atoms with Crippen molar-refractivity contribution in [2.24, 2.45) is 0 Å². The monoisotopic (exact) mass is 224 g/mol. The second-order valence-electron chi connectivity index (χ2n) is 3.00. The minimum absolute atomic E-state index is 0.493. The molecule has 0 heterocycles. The summed E-state index contributed by atoms with van der Waals surface area (Å²) in [5.74, 6) is 0. The van der Waals surface area contributed by atoms with Crippen molar-refractivity contribution in [3.63, 3.8) is 0 Å². The third-order valence-electron chi connectivity index (χ3n) is 1.69. The van der Waals surface area contributed by atoms with E-state index in [0.29, 0.717) is 19.8 Å². The molecule has 0 amide bonds. The van der Waals surface area contributed by atoms with Crippen LogP contribution in [-0.2, 0) is 14.0 Å². The van der Waals surface area contributed by atoms with Gasteiger partial charge in [-0.3, -0.25) is 0 Å². The summed E-state index contributed by atoms with van der Waals surface area (Å²) in [4.78, 5) is 0. The van der Waals surface area contributed by atoms with E-state index in [0.717, 1.165) is 0 Å². The summed E-state index contributed by atoms with van der Waals surface area (Å²) in [6, 6.07) is 0. The first kappa shape index (κ1) is 15.2. The Morgan fingerprint density at radius 3 is 1.25 bits per heavy atom. The van der Waals surface area contributed by atoms with E-state index in [9.17, 15) is 0 Å². The third-order valence-corrected chi connectivity index (χ3v) is 1.69. The van der Waals surface area contributed by atoms with E-state index in [-0.39, 0.29) is 0 Å². The molecule has 0 aliphatic heterocycles. The van der Waals surface area contributed by atoms with Crippen LogP contribution in [0.25, 0.3) is 0 Å². The summed E-state index contributed by atoms with van der Waals surface area (Å²) in [5, 5.41) is 0. The molecule has 0 saturated heterocycles. The smallest absolute Gasteiger partial charge is 0.382 e. The van der Waals surface area contributed by atoms with E-state index >= 15 is 0 Å². The van der Waals surface area contributed by atoms with Gasteiger partial charge in [-0.2, -0.15) is 0 Å². The van der Waals surface area contributed by atoms with Crippen LogP contribution in [0.1, 0.15) is 20.8 Å². The molecule has 90 valence electrons. The van der Waals surface area contributed by atoms with Crippen LogP contribution >= 0.6 is 0 Å². The van der Waals surface area contributed by atoms with Crippen LogP contribution in [0.2, 0.25) is 0 Å². The molecule has 0 aromatic carbocycles. The fourth-order valence-corrected chi connectivity index (χ4v) is 0.835. The van der Waals surface area contributed by atoms with Gasteiger partial charge in [-0.1, -0.05) is 36.5 Å². The minimum Gasteiger partial charge on any atom is -0.382 e. The first-order valence-corrected chi connectivity index (χ1v) is 5.53. The average molecular weight is 224 g/mol. The molecule has 4 heteroatoms. The van der Waals surface area contributed by atoms with E-state index < -0.39 is 7.32 Å². The highest BCUT2D eigenvalue weighted by atomic mass is 16.7. The molecule has 0 radical (unpaired) electrons. The molecule has 0 saturated carbocycles. The lowest BCUT2D eigenvalue weighted by Crippen LogP contribution is -2.27. The quantitative estimate of drug-likeness (QED) is 0.445. The van der Waals surface area contributed by atoms with Gasteiger partial charge in [0.05, 0.1) is 19.8 Å². The van der Waals surface area contributed by atoms with Crippen LogP contribution in [0.15, 0.2) is 36.5 Å². The van der Waals surface area contributed by atoms with E-state index in [1.807, 2.05) is 57.2 Å². The first-order chi connectivity index (χ1) is 7.85. The summed E-state index contributed by atoms with van der Waals surface area (Å²) < 4.78 is 16.1. The summed E-state index contributed by atoms with van der Waals surface area (Å²) in [5.41, 5.74) is 0. The zero-order chi connectivity index (χ0) is 12.1. The van der Waals surface area contributed by atoms with E-state index in [2.05, 4.69) is 0 Å². The number of allylic oxidation sites excluding steroid dienone is 3. The molecule has 3 nitrogen and oxygen atoms in total.